The van der Waals surface area contributed by atoms with Gasteiger partial charge in [0.15, 0.2) is 9.84 Å². The van der Waals surface area contributed by atoms with Crippen LogP contribution in [0.2, 0.25) is 0 Å². The van der Waals surface area contributed by atoms with E-state index in [1.165, 1.54) is 25.3 Å². The summed E-state index contributed by atoms with van der Waals surface area (Å²) in [4.78, 5) is 17.0. The number of nitrogens with zero attached hydrogens (tertiary/aromatic N) is 1. The zero-order valence-electron chi connectivity index (χ0n) is 15.3. The first-order chi connectivity index (χ1) is 12.9. The average Bonchev–Trinajstić information content (AvgIpc) is 3.15. The number of rotatable bonds is 6. The number of hydrogen-bond acceptors (Lipinski definition) is 6. The Labute approximate surface area is 158 Å². The first-order valence-electron chi connectivity index (χ1n) is 8.62. The minimum Gasteiger partial charge on any atom is -0.496 e. The van der Waals surface area contributed by atoms with Crippen molar-refractivity contribution in [3.05, 3.63) is 47.7 Å². The van der Waals surface area contributed by atoms with Crippen molar-refractivity contribution in [3.63, 3.8) is 0 Å². The van der Waals surface area contributed by atoms with Crippen molar-refractivity contribution >= 4 is 21.6 Å². The van der Waals surface area contributed by atoms with Gasteiger partial charge in [-0.15, -0.1) is 0 Å². The van der Waals surface area contributed by atoms with Crippen LogP contribution in [0.1, 0.15) is 22.3 Å². The summed E-state index contributed by atoms with van der Waals surface area (Å²) < 4.78 is 36.0. The third-order valence-corrected chi connectivity index (χ3v) is 6.38. The Kier molecular flexibility index (Phi) is 5.76. The van der Waals surface area contributed by atoms with E-state index in [9.17, 15) is 13.2 Å². The van der Waals surface area contributed by atoms with Gasteiger partial charge in [0.2, 0.25) is 0 Å². The van der Waals surface area contributed by atoms with Gasteiger partial charge in [0.1, 0.15) is 11.6 Å². The number of carbonyl (C=O) groups excluding carboxylic acids is 1. The summed E-state index contributed by atoms with van der Waals surface area (Å²) in [5.74, 6) is 0.213. The van der Waals surface area contributed by atoms with E-state index in [2.05, 4.69) is 10.3 Å². The number of hydrogen-bond donors (Lipinski definition) is 1. The molecule has 2 aromatic rings. The fourth-order valence-electron chi connectivity index (χ4n) is 2.97. The van der Waals surface area contributed by atoms with E-state index in [0.29, 0.717) is 24.8 Å². The minimum absolute atomic E-state index is 0.000261. The normalized spacial score (nSPS) is 16.9. The summed E-state index contributed by atoms with van der Waals surface area (Å²) in [6.45, 7) is 2.85. The zero-order valence-corrected chi connectivity index (χ0v) is 16.1. The van der Waals surface area contributed by atoms with E-state index in [-0.39, 0.29) is 22.1 Å². The number of nitrogens with one attached hydrogen (secondary N) is 1. The average molecular weight is 390 g/mol. The van der Waals surface area contributed by atoms with Crippen molar-refractivity contribution in [1.82, 2.24) is 4.98 Å². The first kappa shape index (κ1) is 19.3. The maximum absolute atomic E-state index is 12.7. The number of benzene rings is 1. The fraction of sp³-hybridized carbons (Fsp3) is 0.368. The molecule has 0 radical (unpaired) electrons. The van der Waals surface area contributed by atoms with E-state index in [0.717, 1.165) is 12.0 Å². The van der Waals surface area contributed by atoms with Crippen LogP contribution in [0.25, 0.3) is 0 Å². The maximum Gasteiger partial charge on any atom is 0.260 e. The van der Waals surface area contributed by atoms with Gasteiger partial charge in [0.05, 0.1) is 29.9 Å². The number of pyridine rings is 1. The molecular weight excluding hydrogens is 368 g/mol. The van der Waals surface area contributed by atoms with Crippen LogP contribution in [-0.4, -0.2) is 45.4 Å². The molecule has 1 saturated heterocycles. The summed E-state index contributed by atoms with van der Waals surface area (Å²) in [7, 11) is -2.10. The largest absolute Gasteiger partial charge is 0.496 e. The topological polar surface area (TPSA) is 94.6 Å². The van der Waals surface area contributed by atoms with Gasteiger partial charge in [0.25, 0.3) is 5.91 Å². The number of sulfone groups is 1. The summed E-state index contributed by atoms with van der Waals surface area (Å²) in [6.07, 6.45) is 2.30. The first-order valence-corrected chi connectivity index (χ1v) is 10.3. The lowest BCUT2D eigenvalue weighted by Gasteiger charge is -2.13. The SMILES string of the molecule is COc1ccc(S(=O)(=O)C[C@H]2CCOC2)cc1C(=O)Nc1ncccc1C. The molecule has 0 saturated carbocycles. The molecule has 2 heterocycles. The molecule has 3 rings (SSSR count). The summed E-state index contributed by atoms with van der Waals surface area (Å²) in [5, 5.41) is 2.71. The van der Waals surface area contributed by atoms with Crippen LogP contribution >= 0.6 is 0 Å². The molecule has 8 heteroatoms. The number of ether oxygens (including phenoxy) is 2. The molecule has 1 fully saturated rings. The van der Waals surface area contributed by atoms with E-state index in [1.807, 2.05) is 13.0 Å². The number of aryl methyl sites for hydroxylation is 1. The van der Waals surface area contributed by atoms with Crippen molar-refractivity contribution < 1.29 is 22.7 Å². The van der Waals surface area contributed by atoms with Crippen LogP contribution in [0.4, 0.5) is 5.82 Å². The van der Waals surface area contributed by atoms with Crippen molar-refractivity contribution in [2.24, 2.45) is 5.92 Å². The lowest BCUT2D eigenvalue weighted by atomic mass is 10.1. The predicted molar refractivity (Wildman–Crippen MR) is 101 cm³/mol. The van der Waals surface area contributed by atoms with Crippen molar-refractivity contribution in [3.8, 4) is 5.75 Å². The lowest BCUT2D eigenvalue weighted by Crippen LogP contribution is -2.19. The number of methoxy groups -OCH3 is 1. The molecule has 1 aromatic carbocycles. The highest BCUT2D eigenvalue weighted by Crippen LogP contribution is 2.26. The van der Waals surface area contributed by atoms with Crippen LogP contribution in [0.5, 0.6) is 5.75 Å². The highest BCUT2D eigenvalue weighted by atomic mass is 32.2. The Morgan fingerprint density at radius 2 is 2.19 bits per heavy atom. The molecule has 7 nitrogen and oxygen atoms in total. The van der Waals surface area contributed by atoms with Gasteiger partial charge >= 0.3 is 0 Å². The maximum atomic E-state index is 12.7. The Bertz CT molecular complexity index is 937. The van der Waals surface area contributed by atoms with Gasteiger partial charge in [-0.1, -0.05) is 6.07 Å². The lowest BCUT2D eigenvalue weighted by molar-refractivity contribution is 0.102. The van der Waals surface area contributed by atoms with Gasteiger partial charge in [0, 0.05) is 12.8 Å². The Balaban J connectivity index is 1.89. The molecule has 1 aliphatic rings. The number of aromatic nitrogens is 1. The highest BCUT2D eigenvalue weighted by Gasteiger charge is 2.26. The van der Waals surface area contributed by atoms with Crippen LogP contribution < -0.4 is 10.1 Å². The van der Waals surface area contributed by atoms with Crippen LogP contribution in [-0.2, 0) is 14.6 Å². The smallest absolute Gasteiger partial charge is 0.260 e. The summed E-state index contributed by atoms with van der Waals surface area (Å²) in [5.41, 5.74) is 0.945. The second-order valence-corrected chi connectivity index (χ2v) is 8.53. The third kappa shape index (κ3) is 4.45. The monoisotopic (exact) mass is 390 g/mol. The van der Waals surface area contributed by atoms with E-state index < -0.39 is 15.7 Å². The molecule has 1 aliphatic heterocycles. The zero-order chi connectivity index (χ0) is 19.4. The number of carbonyl (C=O) groups is 1. The van der Waals surface area contributed by atoms with Gasteiger partial charge in [-0.25, -0.2) is 13.4 Å². The second kappa shape index (κ2) is 8.06. The van der Waals surface area contributed by atoms with E-state index >= 15 is 0 Å². The molecule has 1 atom stereocenters. The Hall–Kier alpha value is -2.45. The van der Waals surface area contributed by atoms with Crippen LogP contribution in [0, 0.1) is 12.8 Å². The third-order valence-electron chi connectivity index (χ3n) is 4.50. The van der Waals surface area contributed by atoms with Crippen molar-refractivity contribution in [1.29, 1.82) is 0 Å². The Morgan fingerprint density at radius 3 is 2.85 bits per heavy atom. The molecule has 1 amide bonds. The molecular formula is C19H22N2O5S. The molecule has 0 aliphatic carbocycles. The quantitative estimate of drug-likeness (QED) is 0.814. The molecule has 0 spiro atoms. The van der Waals surface area contributed by atoms with Gasteiger partial charge < -0.3 is 14.8 Å². The molecule has 27 heavy (non-hydrogen) atoms. The van der Waals surface area contributed by atoms with Gasteiger partial charge in [-0.2, -0.15) is 0 Å². The van der Waals surface area contributed by atoms with Gasteiger partial charge in [-0.3, -0.25) is 4.79 Å². The standard InChI is InChI=1S/C19H22N2O5S/c1-13-4-3-8-20-18(13)21-19(22)16-10-15(5-6-17(16)25-2)27(23,24)12-14-7-9-26-11-14/h3-6,8,10,14H,7,9,11-12H2,1-2H3,(H,20,21,22)/t14-/m0/s1. The molecule has 1 N–H and O–H groups in total. The van der Waals surface area contributed by atoms with Crippen LogP contribution in [0.3, 0.4) is 0 Å². The van der Waals surface area contributed by atoms with Gasteiger partial charge in [-0.05, 0) is 49.1 Å². The highest BCUT2D eigenvalue weighted by molar-refractivity contribution is 7.91. The van der Waals surface area contributed by atoms with Crippen LogP contribution in [0.15, 0.2) is 41.4 Å². The van der Waals surface area contributed by atoms with E-state index in [1.54, 1.807) is 12.3 Å². The number of anilines is 1. The summed E-state index contributed by atoms with van der Waals surface area (Å²) in [6, 6.07) is 7.92. The molecule has 0 unspecified atom stereocenters. The molecule has 144 valence electrons. The Morgan fingerprint density at radius 1 is 1.37 bits per heavy atom. The van der Waals surface area contributed by atoms with Crippen molar-refractivity contribution in [2.45, 2.75) is 18.2 Å². The minimum atomic E-state index is -3.54. The number of amides is 1. The summed E-state index contributed by atoms with van der Waals surface area (Å²) >= 11 is 0. The molecule has 1 aromatic heterocycles. The van der Waals surface area contributed by atoms with E-state index in [4.69, 9.17) is 9.47 Å². The second-order valence-electron chi connectivity index (χ2n) is 6.50. The van der Waals surface area contributed by atoms with Crippen molar-refractivity contribution in [2.75, 3.05) is 31.4 Å². The fourth-order valence-corrected chi connectivity index (χ4v) is 4.62. The predicted octanol–water partition coefficient (Wildman–Crippen LogP) is 2.46. The molecule has 0 bridgehead atoms.